The lowest BCUT2D eigenvalue weighted by molar-refractivity contribution is -0.135. The first kappa shape index (κ1) is 14.8. The number of benzene rings is 2. The van der Waals surface area contributed by atoms with Gasteiger partial charge in [-0.25, -0.2) is 0 Å². The van der Waals surface area contributed by atoms with Gasteiger partial charge >= 0.3 is 5.97 Å². The van der Waals surface area contributed by atoms with Crippen molar-refractivity contribution in [2.75, 3.05) is 0 Å². The highest BCUT2D eigenvalue weighted by Crippen LogP contribution is 2.44. The number of carbonyl (C=O) groups excluding carboxylic acids is 1. The molecule has 2 aromatic rings. The Bertz CT molecular complexity index is 711. The number of rotatable bonds is 2. The SMILES string of the molecule is Cc1ccc([C@@H]2CC(=O)Oc3c(C(C)C)ccc(C)c32)cc1. The zero-order valence-electron chi connectivity index (χ0n) is 13.6. The molecule has 0 fully saturated rings. The smallest absolute Gasteiger partial charge is 0.312 e. The van der Waals surface area contributed by atoms with Crippen LogP contribution in [-0.4, -0.2) is 5.97 Å². The van der Waals surface area contributed by atoms with Crippen molar-refractivity contribution < 1.29 is 9.53 Å². The average Bonchev–Trinajstić information content (AvgIpc) is 2.47. The predicted molar refractivity (Wildman–Crippen MR) is 88.5 cm³/mol. The van der Waals surface area contributed by atoms with Gasteiger partial charge in [0.2, 0.25) is 0 Å². The summed E-state index contributed by atoms with van der Waals surface area (Å²) in [7, 11) is 0. The molecule has 22 heavy (non-hydrogen) atoms. The van der Waals surface area contributed by atoms with E-state index < -0.39 is 0 Å². The van der Waals surface area contributed by atoms with Crippen molar-refractivity contribution in [1.82, 2.24) is 0 Å². The van der Waals surface area contributed by atoms with Crippen molar-refractivity contribution in [2.24, 2.45) is 0 Å². The highest BCUT2D eigenvalue weighted by molar-refractivity contribution is 5.79. The molecule has 0 bridgehead atoms. The Morgan fingerprint density at radius 2 is 1.73 bits per heavy atom. The van der Waals surface area contributed by atoms with E-state index in [0.29, 0.717) is 12.3 Å². The Morgan fingerprint density at radius 1 is 1.05 bits per heavy atom. The molecule has 0 radical (unpaired) electrons. The zero-order valence-corrected chi connectivity index (χ0v) is 13.6. The quantitative estimate of drug-likeness (QED) is 0.583. The fourth-order valence-electron chi connectivity index (χ4n) is 3.22. The Hall–Kier alpha value is -2.09. The topological polar surface area (TPSA) is 26.3 Å². The third-order valence-electron chi connectivity index (χ3n) is 4.48. The number of ether oxygens (including phenoxy) is 1. The molecule has 0 aromatic heterocycles. The van der Waals surface area contributed by atoms with Gasteiger partial charge in [-0.05, 0) is 36.5 Å². The minimum atomic E-state index is -0.134. The molecular weight excluding hydrogens is 272 g/mol. The zero-order chi connectivity index (χ0) is 15.9. The molecule has 1 heterocycles. The summed E-state index contributed by atoms with van der Waals surface area (Å²) >= 11 is 0. The molecule has 2 nitrogen and oxygen atoms in total. The molecule has 0 saturated heterocycles. The maximum atomic E-state index is 12.1. The van der Waals surface area contributed by atoms with Gasteiger partial charge in [-0.2, -0.15) is 0 Å². The van der Waals surface area contributed by atoms with Crippen molar-refractivity contribution in [2.45, 2.75) is 46.0 Å². The molecule has 0 aliphatic carbocycles. The predicted octanol–water partition coefficient (Wildman–Crippen LogP) is 4.87. The molecule has 0 unspecified atom stereocenters. The van der Waals surface area contributed by atoms with Gasteiger partial charge in [0, 0.05) is 11.5 Å². The molecule has 1 aliphatic heterocycles. The van der Waals surface area contributed by atoms with Gasteiger partial charge in [-0.15, -0.1) is 0 Å². The highest BCUT2D eigenvalue weighted by atomic mass is 16.5. The van der Waals surface area contributed by atoms with E-state index in [1.165, 1.54) is 22.3 Å². The first-order valence-corrected chi connectivity index (χ1v) is 7.88. The maximum Gasteiger partial charge on any atom is 0.312 e. The minimum absolute atomic E-state index is 0.0931. The molecule has 2 aromatic carbocycles. The van der Waals surface area contributed by atoms with Crippen molar-refractivity contribution in [1.29, 1.82) is 0 Å². The van der Waals surface area contributed by atoms with Crippen LogP contribution in [-0.2, 0) is 4.79 Å². The van der Waals surface area contributed by atoms with Crippen LogP contribution in [0.4, 0.5) is 0 Å². The standard InChI is InChI=1S/C20H22O2/c1-12(2)16-10-7-14(4)19-17(11-18(21)22-20(16)19)15-8-5-13(3)6-9-15/h5-10,12,17H,11H2,1-4H3/t17-/m0/s1. The first-order valence-electron chi connectivity index (χ1n) is 7.88. The molecule has 2 heteroatoms. The van der Waals surface area contributed by atoms with Crippen LogP contribution in [0.3, 0.4) is 0 Å². The van der Waals surface area contributed by atoms with E-state index in [2.05, 4.69) is 64.1 Å². The second-order valence-corrected chi connectivity index (χ2v) is 6.51. The molecule has 0 N–H and O–H groups in total. The number of aryl methyl sites for hydroxylation is 2. The highest BCUT2D eigenvalue weighted by Gasteiger charge is 2.32. The van der Waals surface area contributed by atoms with E-state index >= 15 is 0 Å². The molecule has 0 amide bonds. The first-order chi connectivity index (χ1) is 10.5. The number of hydrogen-bond acceptors (Lipinski definition) is 2. The largest absolute Gasteiger partial charge is 0.426 e. The van der Waals surface area contributed by atoms with E-state index in [1.54, 1.807) is 0 Å². The Kier molecular flexibility index (Phi) is 3.78. The second-order valence-electron chi connectivity index (χ2n) is 6.51. The average molecular weight is 294 g/mol. The van der Waals surface area contributed by atoms with Gasteiger partial charge in [0.05, 0.1) is 6.42 Å². The fraction of sp³-hybridized carbons (Fsp3) is 0.350. The van der Waals surface area contributed by atoms with Gasteiger partial charge in [-0.3, -0.25) is 4.79 Å². The summed E-state index contributed by atoms with van der Waals surface area (Å²) in [6.45, 7) is 8.45. The third kappa shape index (κ3) is 2.54. The van der Waals surface area contributed by atoms with Crippen LogP contribution in [0, 0.1) is 13.8 Å². The summed E-state index contributed by atoms with van der Waals surface area (Å²) in [5.41, 5.74) is 5.90. The molecule has 114 valence electrons. The molecule has 1 atom stereocenters. The summed E-state index contributed by atoms with van der Waals surface area (Å²) < 4.78 is 5.64. The van der Waals surface area contributed by atoms with Gasteiger partial charge in [0.25, 0.3) is 0 Å². The summed E-state index contributed by atoms with van der Waals surface area (Å²) in [5, 5.41) is 0. The Balaban J connectivity index is 2.18. The van der Waals surface area contributed by atoms with E-state index in [9.17, 15) is 4.79 Å². The summed E-state index contributed by atoms with van der Waals surface area (Å²) in [6, 6.07) is 12.7. The molecule has 3 rings (SSSR count). The van der Waals surface area contributed by atoms with Gasteiger partial charge in [0.1, 0.15) is 5.75 Å². The Labute approximate surface area is 132 Å². The number of fused-ring (bicyclic) bond motifs is 1. The van der Waals surface area contributed by atoms with Crippen LogP contribution in [0.15, 0.2) is 36.4 Å². The van der Waals surface area contributed by atoms with Crippen LogP contribution in [0.2, 0.25) is 0 Å². The molecule has 0 spiro atoms. The lowest BCUT2D eigenvalue weighted by Gasteiger charge is -2.29. The molecular formula is C20H22O2. The number of esters is 1. The van der Waals surface area contributed by atoms with E-state index in [0.717, 1.165) is 11.3 Å². The van der Waals surface area contributed by atoms with Gasteiger partial charge < -0.3 is 4.74 Å². The lowest BCUT2D eigenvalue weighted by atomic mass is 9.81. The normalized spacial score (nSPS) is 17.3. The van der Waals surface area contributed by atoms with Crippen LogP contribution in [0.25, 0.3) is 0 Å². The van der Waals surface area contributed by atoms with Gasteiger partial charge in [-0.1, -0.05) is 55.8 Å². The number of hydrogen-bond donors (Lipinski definition) is 0. The van der Waals surface area contributed by atoms with Crippen molar-refractivity contribution >= 4 is 5.97 Å². The van der Waals surface area contributed by atoms with Crippen molar-refractivity contribution in [3.63, 3.8) is 0 Å². The lowest BCUT2D eigenvalue weighted by Crippen LogP contribution is -2.23. The van der Waals surface area contributed by atoms with E-state index in [4.69, 9.17) is 4.74 Å². The summed E-state index contributed by atoms with van der Waals surface area (Å²) in [6.07, 6.45) is 0.415. The van der Waals surface area contributed by atoms with Crippen LogP contribution in [0.5, 0.6) is 5.75 Å². The van der Waals surface area contributed by atoms with Crippen molar-refractivity contribution in [3.05, 3.63) is 64.2 Å². The minimum Gasteiger partial charge on any atom is -0.426 e. The molecule has 1 aliphatic rings. The van der Waals surface area contributed by atoms with Crippen molar-refractivity contribution in [3.8, 4) is 5.75 Å². The fourth-order valence-corrected chi connectivity index (χ4v) is 3.22. The number of carbonyl (C=O) groups is 1. The van der Waals surface area contributed by atoms with Crippen LogP contribution in [0.1, 0.15) is 59.9 Å². The summed E-state index contributed by atoms with van der Waals surface area (Å²) in [4.78, 5) is 12.1. The maximum absolute atomic E-state index is 12.1. The van der Waals surface area contributed by atoms with Gasteiger partial charge in [0.15, 0.2) is 0 Å². The summed E-state index contributed by atoms with van der Waals surface area (Å²) in [5.74, 6) is 1.08. The van der Waals surface area contributed by atoms with E-state index in [-0.39, 0.29) is 11.9 Å². The second kappa shape index (κ2) is 5.60. The third-order valence-corrected chi connectivity index (χ3v) is 4.48. The monoisotopic (exact) mass is 294 g/mol. The Morgan fingerprint density at radius 3 is 2.36 bits per heavy atom. The van der Waals surface area contributed by atoms with Crippen LogP contribution < -0.4 is 4.74 Å². The van der Waals surface area contributed by atoms with Crippen LogP contribution >= 0.6 is 0 Å². The molecule has 0 saturated carbocycles. The van der Waals surface area contributed by atoms with E-state index in [1.807, 2.05) is 0 Å².